The zero-order chi connectivity index (χ0) is 22.5. The number of allylic oxidation sites excluding steroid dienone is 4. The summed E-state index contributed by atoms with van der Waals surface area (Å²) in [5.74, 6) is 0. The quantitative estimate of drug-likeness (QED) is 0.490. The summed E-state index contributed by atoms with van der Waals surface area (Å²) in [6, 6.07) is 9.32. The summed E-state index contributed by atoms with van der Waals surface area (Å²) in [5, 5.41) is 0. The normalized spacial score (nSPS) is 17.9. The van der Waals surface area contributed by atoms with E-state index in [-0.39, 0.29) is 5.41 Å². The Morgan fingerprint density at radius 3 is 2.48 bits per heavy atom. The minimum atomic E-state index is 0.110. The third kappa shape index (κ3) is 3.73. The molecule has 0 fully saturated rings. The van der Waals surface area contributed by atoms with E-state index in [9.17, 15) is 0 Å². The molecule has 31 heavy (non-hydrogen) atoms. The molecule has 0 saturated carbocycles. The van der Waals surface area contributed by atoms with Crippen molar-refractivity contribution in [2.45, 2.75) is 54.0 Å². The van der Waals surface area contributed by atoms with Gasteiger partial charge in [-0.1, -0.05) is 46.1 Å². The number of fused-ring (bicyclic) bond motifs is 3. The third-order valence-corrected chi connectivity index (χ3v) is 6.47. The van der Waals surface area contributed by atoms with Crippen molar-refractivity contribution < 1.29 is 0 Å². The average molecular weight is 409 g/mol. The zero-order valence-corrected chi connectivity index (χ0v) is 19.6. The van der Waals surface area contributed by atoms with Gasteiger partial charge >= 0.3 is 0 Å². The third-order valence-electron chi connectivity index (χ3n) is 6.47. The molecule has 0 saturated heterocycles. The molecular formula is C29H32N2. The smallest absolute Gasteiger partial charge is 0.0498 e. The first-order valence-electron chi connectivity index (χ1n) is 10.9. The van der Waals surface area contributed by atoms with E-state index in [2.05, 4.69) is 99.9 Å². The Balaban J connectivity index is 1.92. The van der Waals surface area contributed by atoms with Crippen LogP contribution in [0.4, 0.5) is 0 Å². The van der Waals surface area contributed by atoms with Crippen molar-refractivity contribution in [1.82, 2.24) is 9.88 Å². The van der Waals surface area contributed by atoms with E-state index in [0.29, 0.717) is 6.04 Å². The molecule has 0 amide bonds. The lowest BCUT2D eigenvalue weighted by Crippen LogP contribution is -2.45. The van der Waals surface area contributed by atoms with Gasteiger partial charge in [-0.3, -0.25) is 4.98 Å². The van der Waals surface area contributed by atoms with Crippen molar-refractivity contribution in [3.05, 3.63) is 101 Å². The van der Waals surface area contributed by atoms with Crippen LogP contribution in [0, 0.1) is 19.3 Å². The lowest BCUT2D eigenvalue weighted by Gasteiger charge is -2.47. The fourth-order valence-corrected chi connectivity index (χ4v) is 4.66. The zero-order valence-electron chi connectivity index (χ0n) is 19.6. The van der Waals surface area contributed by atoms with Gasteiger partial charge in [0.2, 0.25) is 0 Å². The fraction of sp³-hybridized carbons (Fsp3) is 0.310. The molecule has 1 unspecified atom stereocenters. The van der Waals surface area contributed by atoms with Crippen molar-refractivity contribution in [1.29, 1.82) is 0 Å². The van der Waals surface area contributed by atoms with Gasteiger partial charge in [0.15, 0.2) is 0 Å². The summed E-state index contributed by atoms with van der Waals surface area (Å²) in [6.07, 6.45) is 7.48. The molecule has 3 heterocycles. The van der Waals surface area contributed by atoms with Crippen molar-refractivity contribution in [3.8, 4) is 11.1 Å². The molecule has 2 aliphatic rings. The highest BCUT2D eigenvalue weighted by molar-refractivity contribution is 5.80. The first-order valence-corrected chi connectivity index (χ1v) is 10.9. The van der Waals surface area contributed by atoms with Crippen LogP contribution in [0.3, 0.4) is 0 Å². The van der Waals surface area contributed by atoms with Crippen LogP contribution in [0.15, 0.2) is 78.3 Å². The average Bonchev–Trinajstić information content (AvgIpc) is 2.71. The van der Waals surface area contributed by atoms with E-state index < -0.39 is 0 Å². The number of rotatable bonds is 2. The molecule has 158 valence electrons. The van der Waals surface area contributed by atoms with Crippen LogP contribution in [0.1, 0.15) is 50.1 Å². The molecule has 2 aliphatic heterocycles. The second kappa shape index (κ2) is 7.55. The Labute approximate surface area is 187 Å². The van der Waals surface area contributed by atoms with E-state index >= 15 is 0 Å². The van der Waals surface area contributed by atoms with Gasteiger partial charge in [0.25, 0.3) is 0 Å². The van der Waals surface area contributed by atoms with Crippen molar-refractivity contribution in [3.63, 3.8) is 0 Å². The molecule has 4 rings (SSSR count). The van der Waals surface area contributed by atoms with E-state index in [1.807, 2.05) is 13.1 Å². The van der Waals surface area contributed by atoms with Crippen molar-refractivity contribution in [2.24, 2.45) is 5.41 Å². The molecule has 2 nitrogen and oxygen atoms in total. The molecule has 0 aliphatic carbocycles. The topological polar surface area (TPSA) is 16.1 Å². The highest BCUT2D eigenvalue weighted by atomic mass is 15.2. The fourth-order valence-electron chi connectivity index (χ4n) is 4.66. The Morgan fingerprint density at radius 2 is 1.90 bits per heavy atom. The standard InChI is InChI=1S/C29H32N2/c1-9-21-14-27-25-12-19(4)24(22-11-10-20(5)30-16-22)13-23(25)15-28(29(6,7)8)31(27)17-26(21)18(2)3/h10-14,16-17,28H,1-2,15H2,3-8H3. The molecule has 1 aromatic carbocycles. The Kier molecular flexibility index (Phi) is 5.15. The first-order chi connectivity index (χ1) is 14.6. The van der Waals surface area contributed by atoms with Crippen LogP contribution in [-0.2, 0) is 6.42 Å². The molecule has 0 bridgehead atoms. The summed E-state index contributed by atoms with van der Waals surface area (Å²) in [6.45, 7) is 21.4. The van der Waals surface area contributed by atoms with Gasteiger partial charge in [-0.05, 0) is 73.1 Å². The number of nitrogens with zero attached hydrogens (tertiary/aromatic N) is 2. The summed E-state index contributed by atoms with van der Waals surface area (Å²) >= 11 is 0. The molecule has 2 heteroatoms. The maximum atomic E-state index is 4.52. The second-order valence-corrected chi connectivity index (χ2v) is 9.95. The number of benzene rings is 1. The molecule has 0 radical (unpaired) electrons. The van der Waals surface area contributed by atoms with Gasteiger partial charge in [0, 0.05) is 52.1 Å². The van der Waals surface area contributed by atoms with Gasteiger partial charge in [-0.25, -0.2) is 0 Å². The van der Waals surface area contributed by atoms with Crippen molar-refractivity contribution in [2.75, 3.05) is 0 Å². The number of hydrogen-bond acceptors (Lipinski definition) is 2. The number of aromatic nitrogens is 1. The Bertz CT molecular complexity index is 1180. The van der Waals surface area contributed by atoms with Gasteiger partial charge in [0.05, 0.1) is 0 Å². The van der Waals surface area contributed by atoms with Crippen molar-refractivity contribution >= 4 is 5.70 Å². The van der Waals surface area contributed by atoms with E-state index in [0.717, 1.165) is 28.8 Å². The monoisotopic (exact) mass is 408 g/mol. The maximum Gasteiger partial charge on any atom is 0.0498 e. The second-order valence-electron chi connectivity index (χ2n) is 9.95. The molecular weight excluding hydrogens is 376 g/mol. The predicted octanol–water partition coefficient (Wildman–Crippen LogP) is 7.16. The molecule has 0 spiro atoms. The SMILES string of the molecule is C=C=C1C=C2c3cc(C)c(-c4ccc(C)nc4)cc3CC(C(C)(C)C)N2C=C1C(=C)C. The predicted molar refractivity (Wildman–Crippen MR) is 131 cm³/mol. The summed E-state index contributed by atoms with van der Waals surface area (Å²) in [7, 11) is 0. The van der Waals surface area contributed by atoms with Gasteiger partial charge in [0.1, 0.15) is 0 Å². The number of hydrogen-bond donors (Lipinski definition) is 0. The molecule has 0 N–H and O–H groups in total. The molecule has 1 aromatic heterocycles. The van der Waals surface area contributed by atoms with Crippen LogP contribution in [0.2, 0.25) is 0 Å². The highest BCUT2D eigenvalue weighted by Gasteiger charge is 2.38. The highest BCUT2D eigenvalue weighted by Crippen LogP contribution is 2.45. The van der Waals surface area contributed by atoms with Gasteiger partial charge < -0.3 is 4.90 Å². The minimum Gasteiger partial charge on any atom is -0.343 e. The Morgan fingerprint density at radius 1 is 1.16 bits per heavy atom. The lowest BCUT2D eigenvalue weighted by atomic mass is 9.75. The number of aryl methyl sites for hydroxylation is 2. The maximum absolute atomic E-state index is 4.52. The number of pyridine rings is 1. The molecule has 2 aromatic rings. The first kappa shape index (κ1) is 21.2. The van der Waals surface area contributed by atoms with Crippen LogP contribution >= 0.6 is 0 Å². The van der Waals surface area contributed by atoms with E-state index in [4.69, 9.17) is 0 Å². The minimum absolute atomic E-state index is 0.110. The molecule has 1 atom stereocenters. The Hall–Kier alpha value is -3.09. The van der Waals surface area contributed by atoms with Gasteiger partial charge in [-0.2, -0.15) is 0 Å². The largest absolute Gasteiger partial charge is 0.343 e. The van der Waals surface area contributed by atoms with Gasteiger partial charge in [-0.15, -0.1) is 5.73 Å². The lowest BCUT2D eigenvalue weighted by molar-refractivity contribution is 0.189. The van der Waals surface area contributed by atoms with E-state index in [1.54, 1.807) is 0 Å². The van der Waals surface area contributed by atoms with Crippen LogP contribution in [0.25, 0.3) is 16.8 Å². The summed E-state index contributed by atoms with van der Waals surface area (Å²) in [4.78, 5) is 6.98. The van der Waals surface area contributed by atoms with Crippen LogP contribution < -0.4 is 0 Å². The van der Waals surface area contributed by atoms with Crippen LogP contribution in [0.5, 0.6) is 0 Å². The van der Waals surface area contributed by atoms with Crippen LogP contribution in [-0.4, -0.2) is 15.9 Å². The summed E-state index contributed by atoms with van der Waals surface area (Å²) < 4.78 is 0. The van der Waals surface area contributed by atoms with E-state index in [1.165, 1.54) is 33.5 Å². The summed E-state index contributed by atoms with van der Waals surface area (Å²) in [5.41, 5.74) is 15.1.